The number of hydrogen-bond acceptors (Lipinski definition) is 4. The second kappa shape index (κ2) is 9.29. The van der Waals surface area contributed by atoms with Gasteiger partial charge in [0, 0.05) is 20.0 Å². The summed E-state index contributed by atoms with van der Waals surface area (Å²) >= 11 is 12.5. The summed E-state index contributed by atoms with van der Waals surface area (Å²) in [5, 5.41) is 3.46. The third-order valence-electron chi connectivity index (χ3n) is 4.50. The first-order valence-corrected chi connectivity index (χ1v) is 9.94. The van der Waals surface area contributed by atoms with Crippen molar-refractivity contribution in [3.8, 4) is 5.75 Å². The molecule has 0 aromatic heterocycles. The summed E-state index contributed by atoms with van der Waals surface area (Å²) in [5.41, 5.74) is 1.74. The van der Waals surface area contributed by atoms with E-state index >= 15 is 0 Å². The highest BCUT2D eigenvalue weighted by Crippen LogP contribution is 2.34. The Morgan fingerprint density at radius 3 is 2.21 bits per heavy atom. The van der Waals surface area contributed by atoms with Crippen LogP contribution < -0.4 is 10.1 Å². The summed E-state index contributed by atoms with van der Waals surface area (Å²) in [4.78, 5) is 36.8. The Kier molecular flexibility index (Phi) is 6.77. The number of nitrogens with zero attached hydrogens (tertiary/aromatic N) is 1. The number of rotatable bonds is 8. The molecule has 0 spiro atoms. The van der Waals surface area contributed by atoms with Crippen LogP contribution in [-0.4, -0.2) is 42.3 Å². The second-order valence-electron chi connectivity index (χ2n) is 6.63. The standard InChI is InChI=1S/C21H20Cl2N2O4/c1-13(26)24-8-7-14-11-17(22)19(18(23)12-14)29-10-4-9-25-20(27)15-5-2-3-6-16(15)21(25)28/h2-3,5-6,11-12H,4,7-10H2,1H3,(H,24,26). The fraction of sp³-hybridized carbons (Fsp3) is 0.286. The van der Waals surface area contributed by atoms with E-state index in [4.69, 9.17) is 27.9 Å². The van der Waals surface area contributed by atoms with Gasteiger partial charge in [0.1, 0.15) is 0 Å². The highest BCUT2D eigenvalue weighted by Gasteiger charge is 2.34. The lowest BCUT2D eigenvalue weighted by molar-refractivity contribution is -0.118. The Morgan fingerprint density at radius 2 is 1.66 bits per heavy atom. The molecule has 0 fully saturated rings. The number of fused-ring (bicyclic) bond motifs is 1. The highest BCUT2D eigenvalue weighted by molar-refractivity contribution is 6.37. The fourth-order valence-corrected chi connectivity index (χ4v) is 3.76. The average Bonchev–Trinajstić information content (AvgIpc) is 2.91. The summed E-state index contributed by atoms with van der Waals surface area (Å²) in [6, 6.07) is 10.3. The van der Waals surface area contributed by atoms with Gasteiger partial charge in [-0.15, -0.1) is 0 Å². The van der Waals surface area contributed by atoms with Crippen molar-refractivity contribution in [3.63, 3.8) is 0 Å². The van der Waals surface area contributed by atoms with Crippen LogP contribution in [0.3, 0.4) is 0 Å². The van der Waals surface area contributed by atoms with Gasteiger partial charge in [-0.25, -0.2) is 0 Å². The van der Waals surface area contributed by atoms with Crippen LogP contribution in [-0.2, 0) is 11.2 Å². The molecule has 0 aliphatic carbocycles. The topological polar surface area (TPSA) is 75.7 Å². The molecule has 29 heavy (non-hydrogen) atoms. The van der Waals surface area contributed by atoms with Crippen molar-refractivity contribution in [2.24, 2.45) is 0 Å². The average molecular weight is 435 g/mol. The van der Waals surface area contributed by atoms with Crippen molar-refractivity contribution in [3.05, 3.63) is 63.1 Å². The molecule has 0 atom stereocenters. The first-order chi connectivity index (χ1) is 13.9. The van der Waals surface area contributed by atoms with E-state index in [0.717, 1.165) is 5.56 Å². The molecule has 2 aromatic carbocycles. The molecule has 0 bridgehead atoms. The van der Waals surface area contributed by atoms with E-state index in [9.17, 15) is 14.4 Å². The van der Waals surface area contributed by atoms with E-state index in [0.29, 0.717) is 46.3 Å². The van der Waals surface area contributed by atoms with E-state index < -0.39 is 0 Å². The number of imide groups is 1. The van der Waals surface area contributed by atoms with Crippen molar-refractivity contribution in [2.75, 3.05) is 19.7 Å². The van der Waals surface area contributed by atoms with Crippen LogP contribution in [0.1, 0.15) is 39.6 Å². The van der Waals surface area contributed by atoms with Crippen LogP contribution in [0.5, 0.6) is 5.75 Å². The smallest absolute Gasteiger partial charge is 0.261 e. The zero-order valence-electron chi connectivity index (χ0n) is 15.8. The molecule has 0 unspecified atom stereocenters. The van der Waals surface area contributed by atoms with Gasteiger partial charge < -0.3 is 10.1 Å². The number of nitrogens with one attached hydrogen (secondary N) is 1. The first-order valence-electron chi connectivity index (χ1n) is 9.19. The predicted molar refractivity (Wildman–Crippen MR) is 111 cm³/mol. The summed E-state index contributed by atoms with van der Waals surface area (Å²) in [6.07, 6.45) is 1.04. The van der Waals surface area contributed by atoms with Gasteiger partial charge in [-0.3, -0.25) is 19.3 Å². The van der Waals surface area contributed by atoms with Gasteiger partial charge in [0.05, 0.1) is 27.8 Å². The Hall–Kier alpha value is -2.57. The lowest BCUT2D eigenvalue weighted by Gasteiger charge is -2.15. The fourth-order valence-electron chi connectivity index (χ4n) is 3.12. The molecule has 0 saturated heterocycles. The molecule has 2 aromatic rings. The number of carbonyl (C=O) groups excluding carboxylic acids is 3. The zero-order valence-corrected chi connectivity index (χ0v) is 17.3. The predicted octanol–water partition coefficient (Wildman–Crippen LogP) is 3.74. The molecule has 1 aliphatic heterocycles. The van der Waals surface area contributed by atoms with Crippen LogP contribution in [0.4, 0.5) is 0 Å². The van der Waals surface area contributed by atoms with Crippen molar-refractivity contribution < 1.29 is 19.1 Å². The number of halogens is 2. The Morgan fingerprint density at radius 1 is 1.07 bits per heavy atom. The minimum Gasteiger partial charge on any atom is -0.490 e. The lowest BCUT2D eigenvalue weighted by Crippen LogP contribution is -2.31. The van der Waals surface area contributed by atoms with Gasteiger partial charge in [-0.05, 0) is 42.7 Å². The molecule has 0 saturated carbocycles. The van der Waals surface area contributed by atoms with E-state index in [-0.39, 0.29) is 30.9 Å². The third kappa shape index (κ3) is 4.89. The van der Waals surface area contributed by atoms with Gasteiger partial charge in [0.2, 0.25) is 5.91 Å². The highest BCUT2D eigenvalue weighted by atomic mass is 35.5. The molecule has 3 rings (SSSR count). The molecule has 0 radical (unpaired) electrons. The maximum absolute atomic E-state index is 12.3. The molecule has 6 nitrogen and oxygen atoms in total. The molecular weight excluding hydrogens is 415 g/mol. The van der Waals surface area contributed by atoms with Crippen LogP contribution in [0.15, 0.2) is 36.4 Å². The lowest BCUT2D eigenvalue weighted by atomic mass is 10.1. The second-order valence-corrected chi connectivity index (χ2v) is 7.45. The molecule has 1 aliphatic rings. The van der Waals surface area contributed by atoms with Crippen molar-refractivity contribution >= 4 is 40.9 Å². The normalized spacial score (nSPS) is 12.9. The molecule has 1 N–H and O–H groups in total. The summed E-state index contributed by atoms with van der Waals surface area (Å²) < 4.78 is 5.69. The minimum absolute atomic E-state index is 0.0970. The molecule has 8 heteroatoms. The van der Waals surface area contributed by atoms with Gasteiger partial charge >= 0.3 is 0 Å². The monoisotopic (exact) mass is 434 g/mol. The van der Waals surface area contributed by atoms with Gasteiger partial charge in [-0.2, -0.15) is 0 Å². The van der Waals surface area contributed by atoms with Crippen molar-refractivity contribution in [1.29, 1.82) is 0 Å². The Bertz CT molecular complexity index is 903. The first kappa shape index (κ1) is 21.1. The number of ether oxygens (including phenoxy) is 1. The van der Waals surface area contributed by atoms with Crippen LogP contribution >= 0.6 is 23.2 Å². The SMILES string of the molecule is CC(=O)NCCc1cc(Cl)c(OCCCN2C(=O)c3ccccc3C2=O)c(Cl)c1. The van der Waals surface area contributed by atoms with Gasteiger partial charge in [-0.1, -0.05) is 35.3 Å². The molecule has 152 valence electrons. The summed E-state index contributed by atoms with van der Waals surface area (Å²) in [5.74, 6) is -0.311. The van der Waals surface area contributed by atoms with Crippen LogP contribution in [0.25, 0.3) is 0 Å². The Balaban J connectivity index is 1.53. The maximum atomic E-state index is 12.3. The van der Waals surface area contributed by atoms with E-state index in [1.165, 1.54) is 11.8 Å². The van der Waals surface area contributed by atoms with E-state index in [1.54, 1.807) is 36.4 Å². The number of hydrogen-bond donors (Lipinski definition) is 1. The van der Waals surface area contributed by atoms with Gasteiger partial charge in [0.25, 0.3) is 11.8 Å². The largest absolute Gasteiger partial charge is 0.490 e. The number of carbonyl (C=O) groups is 3. The molecular formula is C21H20Cl2N2O4. The van der Waals surface area contributed by atoms with Crippen molar-refractivity contribution in [2.45, 2.75) is 19.8 Å². The van der Waals surface area contributed by atoms with Gasteiger partial charge in [0.15, 0.2) is 5.75 Å². The third-order valence-corrected chi connectivity index (χ3v) is 5.06. The summed E-state index contributed by atoms with van der Waals surface area (Å²) in [7, 11) is 0. The number of amides is 3. The number of benzene rings is 2. The van der Waals surface area contributed by atoms with E-state index in [1.807, 2.05) is 0 Å². The van der Waals surface area contributed by atoms with Crippen LogP contribution in [0.2, 0.25) is 10.0 Å². The Labute approximate surface area is 178 Å². The quantitative estimate of drug-likeness (QED) is 0.507. The van der Waals surface area contributed by atoms with Crippen LogP contribution in [0, 0.1) is 0 Å². The van der Waals surface area contributed by atoms with Crippen molar-refractivity contribution in [1.82, 2.24) is 10.2 Å². The van der Waals surface area contributed by atoms with E-state index in [2.05, 4.69) is 5.32 Å². The minimum atomic E-state index is -0.287. The zero-order chi connectivity index (χ0) is 21.0. The maximum Gasteiger partial charge on any atom is 0.261 e. The molecule has 3 amide bonds. The molecule has 1 heterocycles. The summed E-state index contributed by atoms with van der Waals surface area (Å²) in [6.45, 7) is 2.44.